The van der Waals surface area contributed by atoms with Crippen molar-refractivity contribution in [2.75, 3.05) is 12.4 Å². The zero-order chi connectivity index (χ0) is 24.1. The average Bonchev–Trinajstić information content (AvgIpc) is 3.28. The number of rotatable bonds is 7. The van der Waals surface area contributed by atoms with Crippen molar-refractivity contribution in [3.63, 3.8) is 0 Å². The van der Waals surface area contributed by atoms with E-state index >= 15 is 0 Å². The summed E-state index contributed by atoms with van der Waals surface area (Å²) in [7, 11) is 1.28. The zero-order valence-electron chi connectivity index (χ0n) is 18.0. The van der Waals surface area contributed by atoms with Gasteiger partial charge < -0.3 is 14.8 Å². The zero-order valence-corrected chi connectivity index (χ0v) is 18.0. The molecule has 0 aliphatic carbocycles. The van der Waals surface area contributed by atoms with Gasteiger partial charge in [-0.1, -0.05) is 12.1 Å². The highest BCUT2D eigenvalue weighted by molar-refractivity contribution is 6.05. The van der Waals surface area contributed by atoms with Gasteiger partial charge in [0.15, 0.2) is 11.4 Å². The molecule has 9 heteroatoms. The van der Waals surface area contributed by atoms with Crippen molar-refractivity contribution in [3.8, 4) is 11.4 Å². The van der Waals surface area contributed by atoms with Crippen molar-refractivity contribution in [1.82, 2.24) is 9.78 Å². The van der Waals surface area contributed by atoms with Crippen molar-refractivity contribution in [2.24, 2.45) is 0 Å². The highest BCUT2D eigenvalue weighted by atomic mass is 19.1. The summed E-state index contributed by atoms with van der Waals surface area (Å²) < 4.78 is 38.4. The van der Waals surface area contributed by atoms with Gasteiger partial charge in [-0.3, -0.25) is 4.79 Å². The largest absolute Gasteiger partial charge is 0.485 e. The molecule has 3 aromatic carbocycles. The Labute approximate surface area is 193 Å². The van der Waals surface area contributed by atoms with Gasteiger partial charge in [0.1, 0.15) is 18.2 Å². The van der Waals surface area contributed by atoms with Gasteiger partial charge in [0.2, 0.25) is 0 Å². The highest BCUT2D eigenvalue weighted by Gasteiger charge is 2.20. The number of nitrogens with zero attached hydrogens (tertiary/aromatic N) is 2. The van der Waals surface area contributed by atoms with E-state index in [-0.39, 0.29) is 23.9 Å². The molecule has 0 spiro atoms. The van der Waals surface area contributed by atoms with Crippen LogP contribution in [-0.2, 0) is 11.3 Å². The van der Waals surface area contributed by atoms with E-state index in [4.69, 9.17) is 4.74 Å². The number of amides is 1. The first-order valence-electron chi connectivity index (χ1n) is 10.2. The number of nitrogens with one attached hydrogen (secondary N) is 1. The number of halogens is 2. The lowest BCUT2D eigenvalue weighted by Gasteiger charge is -2.08. The first kappa shape index (κ1) is 22.7. The lowest BCUT2D eigenvalue weighted by molar-refractivity contribution is 0.0600. The van der Waals surface area contributed by atoms with E-state index in [1.54, 1.807) is 24.3 Å². The molecule has 1 aromatic heterocycles. The summed E-state index contributed by atoms with van der Waals surface area (Å²) in [5.41, 5.74) is 1.97. The first-order valence-corrected chi connectivity index (χ1v) is 10.2. The van der Waals surface area contributed by atoms with E-state index in [2.05, 4.69) is 15.2 Å². The lowest BCUT2D eigenvalue weighted by atomic mass is 10.2. The summed E-state index contributed by atoms with van der Waals surface area (Å²) >= 11 is 0. The van der Waals surface area contributed by atoms with E-state index in [1.165, 1.54) is 66.5 Å². The molecule has 4 aromatic rings. The average molecular weight is 463 g/mol. The molecule has 0 bridgehead atoms. The lowest BCUT2D eigenvalue weighted by Crippen LogP contribution is -2.14. The van der Waals surface area contributed by atoms with Gasteiger partial charge in [-0.2, -0.15) is 5.10 Å². The maximum absolute atomic E-state index is 13.3. The predicted molar refractivity (Wildman–Crippen MR) is 120 cm³/mol. The van der Waals surface area contributed by atoms with Crippen LogP contribution in [0.3, 0.4) is 0 Å². The molecule has 4 rings (SSSR count). The van der Waals surface area contributed by atoms with Crippen LogP contribution in [0.2, 0.25) is 0 Å². The van der Waals surface area contributed by atoms with Crippen molar-refractivity contribution in [2.45, 2.75) is 6.61 Å². The Balaban J connectivity index is 1.59. The van der Waals surface area contributed by atoms with Crippen LogP contribution in [0.5, 0.6) is 5.75 Å². The summed E-state index contributed by atoms with van der Waals surface area (Å²) in [5, 5.41) is 7.02. The topological polar surface area (TPSA) is 82.5 Å². The molecule has 0 atom stereocenters. The molecule has 0 radical (unpaired) electrons. The summed E-state index contributed by atoms with van der Waals surface area (Å²) in [6, 6.07) is 17.5. The van der Waals surface area contributed by atoms with E-state index in [0.29, 0.717) is 22.5 Å². The first-order chi connectivity index (χ1) is 16.4. The number of anilines is 1. The van der Waals surface area contributed by atoms with Gasteiger partial charge in [0.05, 0.1) is 24.6 Å². The number of ether oxygens (including phenoxy) is 2. The third kappa shape index (κ3) is 5.26. The Morgan fingerprint density at radius 1 is 0.912 bits per heavy atom. The SMILES string of the molecule is COC(=O)c1ccc(NC(=O)c2nn(-c3ccc(F)cc3)cc2OCc2ccc(F)cc2)cc1. The second-order valence-corrected chi connectivity index (χ2v) is 7.20. The minimum Gasteiger partial charge on any atom is -0.485 e. The van der Waals surface area contributed by atoms with Gasteiger partial charge in [-0.25, -0.2) is 18.3 Å². The molecule has 1 amide bonds. The normalized spacial score (nSPS) is 10.6. The third-order valence-electron chi connectivity index (χ3n) is 4.86. The van der Waals surface area contributed by atoms with Crippen LogP contribution in [-0.4, -0.2) is 28.8 Å². The maximum Gasteiger partial charge on any atom is 0.337 e. The molecule has 172 valence electrons. The van der Waals surface area contributed by atoms with Crippen LogP contribution in [0.4, 0.5) is 14.5 Å². The van der Waals surface area contributed by atoms with Crippen LogP contribution in [0.1, 0.15) is 26.4 Å². The Morgan fingerprint density at radius 2 is 1.53 bits per heavy atom. The van der Waals surface area contributed by atoms with E-state index in [1.807, 2.05) is 0 Å². The summed E-state index contributed by atoms with van der Waals surface area (Å²) in [4.78, 5) is 24.6. The Kier molecular flexibility index (Phi) is 6.63. The van der Waals surface area contributed by atoms with Gasteiger partial charge in [0, 0.05) is 5.69 Å². The second-order valence-electron chi connectivity index (χ2n) is 7.20. The van der Waals surface area contributed by atoms with Gasteiger partial charge in [0.25, 0.3) is 5.91 Å². The summed E-state index contributed by atoms with van der Waals surface area (Å²) in [5.74, 6) is -1.64. The molecule has 1 N–H and O–H groups in total. The quantitative estimate of drug-likeness (QED) is 0.400. The van der Waals surface area contributed by atoms with Crippen LogP contribution >= 0.6 is 0 Å². The maximum atomic E-state index is 13.3. The number of hydrogen-bond acceptors (Lipinski definition) is 5. The molecule has 0 unspecified atom stereocenters. The fourth-order valence-corrected chi connectivity index (χ4v) is 3.09. The predicted octanol–water partition coefficient (Wildman–Crippen LogP) is 4.77. The van der Waals surface area contributed by atoms with Crippen molar-refractivity contribution >= 4 is 17.6 Å². The molecule has 0 saturated carbocycles. The molecule has 7 nitrogen and oxygen atoms in total. The molecule has 0 aliphatic rings. The fraction of sp³-hybridized carbons (Fsp3) is 0.0800. The minimum absolute atomic E-state index is 0.0107. The summed E-state index contributed by atoms with van der Waals surface area (Å²) in [6.45, 7) is 0.0729. The number of benzene rings is 3. The van der Waals surface area contributed by atoms with E-state index in [9.17, 15) is 18.4 Å². The number of carbonyl (C=O) groups excluding carboxylic acids is 2. The number of hydrogen-bond donors (Lipinski definition) is 1. The molecule has 0 fully saturated rings. The molecule has 0 saturated heterocycles. The Morgan fingerprint density at radius 3 is 2.15 bits per heavy atom. The number of methoxy groups -OCH3 is 1. The second kappa shape index (κ2) is 9.95. The number of carbonyl (C=O) groups is 2. The van der Waals surface area contributed by atoms with Crippen LogP contribution in [0.25, 0.3) is 5.69 Å². The van der Waals surface area contributed by atoms with Gasteiger partial charge >= 0.3 is 5.97 Å². The molecule has 0 aliphatic heterocycles. The summed E-state index contributed by atoms with van der Waals surface area (Å²) in [6.07, 6.45) is 1.51. The minimum atomic E-state index is -0.555. The van der Waals surface area contributed by atoms with Gasteiger partial charge in [-0.15, -0.1) is 0 Å². The monoisotopic (exact) mass is 463 g/mol. The van der Waals surface area contributed by atoms with Gasteiger partial charge in [-0.05, 0) is 66.2 Å². The van der Waals surface area contributed by atoms with Crippen LogP contribution in [0.15, 0.2) is 79.0 Å². The van der Waals surface area contributed by atoms with Crippen molar-refractivity contribution < 1.29 is 27.8 Å². The Bertz CT molecular complexity index is 1300. The number of esters is 1. The third-order valence-corrected chi connectivity index (χ3v) is 4.86. The van der Waals surface area contributed by atoms with Crippen LogP contribution in [0, 0.1) is 11.6 Å². The Hall–Kier alpha value is -4.53. The standard InChI is InChI=1S/C25H19F2N3O4/c1-33-25(32)17-4-10-20(11-5-17)28-24(31)23-22(34-15-16-2-6-18(26)7-3-16)14-30(29-23)21-12-8-19(27)9-13-21/h2-14H,15H2,1H3,(H,28,31). The smallest absolute Gasteiger partial charge is 0.337 e. The molecule has 1 heterocycles. The highest BCUT2D eigenvalue weighted by Crippen LogP contribution is 2.23. The number of aromatic nitrogens is 2. The fourth-order valence-electron chi connectivity index (χ4n) is 3.09. The van der Waals surface area contributed by atoms with Crippen LogP contribution < -0.4 is 10.1 Å². The molecular weight excluding hydrogens is 444 g/mol. The van der Waals surface area contributed by atoms with Crippen molar-refractivity contribution in [1.29, 1.82) is 0 Å². The van der Waals surface area contributed by atoms with Crippen molar-refractivity contribution in [3.05, 3.63) is 107 Å². The molecular formula is C25H19F2N3O4. The van der Waals surface area contributed by atoms with E-state index in [0.717, 1.165) is 0 Å². The van der Waals surface area contributed by atoms with E-state index < -0.39 is 17.7 Å². The molecule has 34 heavy (non-hydrogen) atoms.